The summed E-state index contributed by atoms with van der Waals surface area (Å²) in [7, 11) is 0. The van der Waals surface area contributed by atoms with Gasteiger partial charge >= 0.3 is 6.09 Å². The van der Waals surface area contributed by atoms with Crippen molar-refractivity contribution in [3.63, 3.8) is 0 Å². The summed E-state index contributed by atoms with van der Waals surface area (Å²) < 4.78 is 11.5. The van der Waals surface area contributed by atoms with E-state index >= 15 is 0 Å². The number of carbonyl (C=O) groups is 2. The van der Waals surface area contributed by atoms with Gasteiger partial charge in [0.05, 0.1) is 24.3 Å². The van der Waals surface area contributed by atoms with Crippen LogP contribution in [0.25, 0.3) is 0 Å². The summed E-state index contributed by atoms with van der Waals surface area (Å²) in [5, 5.41) is 28.5. The van der Waals surface area contributed by atoms with Gasteiger partial charge in [-0.1, -0.05) is 97.1 Å². The third-order valence-corrected chi connectivity index (χ3v) is 8.52. The molecule has 0 bridgehead atoms. The molecule has 0 saturated heterocycles. The Kier molecular flexibility index (Phi) is 11.5. The highest BCUT2D eigenvalue weighted by molar-refractivity contribution is 5.80. The molecule has 4 aromatic rings. The maximum absolute atomic E-state index is 14.0. The number of rotatable bonds is 13. The first kappa shape index (κ1) is 34.7. The monoisotopic (exact) mass is 650 g/mol. The third kappa shape index (κ3) is 9.92. The molecule has 0 fully saturated rings. The first-order chi connectivity index (χ1) is 23.0. The molecular formula is C40H46N2O6. The highest BCUT2D eigenvalue weighted by Gasteiger charge is 2.35. The zero-order valence-electron chi connectivity index (χ0n) is 27.8. The van der Waals surface area contributed by atoms with Crippen molar-refractivity contribution in [2.24, 2.45) is 5.92 Å². The Morgan fingerprint density at radius 2 is 1.42 bits per heavy atom. The minimum atomic E-state index is -1.08. The molecule has 252 valence electrons. The van der Waals surface area contributed by atoms with E-state index in [0.29, 0.717) is 31.6 Å². The zero-order valence-corrected chi connectivity index (χ0v) is 27.8. The van der Waals surface area contributed by atoms with Gasteiger partial charge in [-0.25, -0.2) is 4.79 Å². The molecule has 0 unspecified atom stereocenters. The molecule has 8 heteroatoms. The van der Waals surface area contributed by atoms with Gasteiger partial charge in [0.2, 0.25) is 5.91 Å². The van der Waals surface area contributed by atoms with Crippen LogP contribution in [0.5, 0.6) is 5.75 Å². The number of aliphatic hydroxyl groups is 2. The quantitative estimate of drug-likeness (QED) is 0.139. The lowest BCUT2D eigenvalue weighted by molar-refractivity contribution is -0.127. The zero-order chi connectivity index (χ0) is 34.1. The van der Waals surface area contributed by atoms with Crippen LogP contribution in [0.1, 0.15) is 61.1 Å². The number of nitrogens with one attached hydrogen (secondary N) is 2. The number of amides is 2. The van der Waals surface area contributed by atoms with Crippen molar-refractivity contribution in [2.45, 2.75) is 83.0 Å². The Morgan fingerprint density at radius 3 is 2.08 bits per heavy atom. The van der Waals surface area contributed by atoms with Gasteiger partial charge in [-0.15, -0.1) is 0 Å². The molecule has 2 amide bonds. The van der Waals surface area contributed by atoms with E-state index in [1.54, 1.807) is 20.8 Å². The third-order valence-electron chi connectivity index (χ3n) is 8.52. The van der Waals surface area contributed by atoms with E-state index in [-0.39, 0.29) is 12.3 Å². The summed E-state index contributed by atoms with van der Waals surface area (Å²) >= 11 is 0. The van der Waals surface area contributed by atoms with Crippen LogP contribution >= 0.6 is 0 Å². The largest absolute Gasteiger partial charge is 0.489 e. The van der Waals surface area contributed by atoms with Crippen molar-refractivity contribution < 1.29 is 29.3 Å². The van der Waals surface area contributed by atoms with Crippen LogP contribution < -0.4 is 15.4 Å². The van der Waals surface area contributed by atoms with Crippen LogP contribution in [-0.4, -0.2) is 46.1 Å². The Hall–Kier alpha value is -4.66. The van der Waals surface area contributed by atoms with Gasteiger partial charge in [0.15, 0.2) is 0 Å². The average molecular weight is 651 g/mol. The standard InChI is InChI=1S/C40H46N2O6/c1-40(2,3)48-39(46)41-34(23-27-12-6-4-7-13-27)35(43)25-31(38(45)42-37-33-17-11-10-16-30(33)24-36(37)44)22-28-18-20-32(21-19-28)47-26-29-14-8-5-9-15-29/h4-21,31,34-37,43-44H,22-26H2,1-3H3,(H,41,46)(H,42,45)/t31-,34-,35-,36+,37-/m0/s1. The van der Waals surface area contributed by atoms with E-state index < -0.39 is 41.9 Å². The first-order valence-corrected chi connectivity index (χ1v) is 16.6. The lowest BCUT2D eigenvalue weighted by atomic mass is 9.88. The van der Waals surface area contributed by atoms with Crippen LogP contribution in [0.2, 0.25) is 0 Å². The molecule has 0 radical (unpaired) electrons. The number of carbonyl (C=O) groups excluding carboxylic acids is 2. The summed E-state index contributed by atoms with van der Waals surface area (Å²) in [5.41, 5.74) is 4.06. The van der Waals surface area contributed by atoms with Gasteiger partial charge in [-0.05, 0) is 80.0 Å². The average Bonchev–Trinajstić information content (AvgIpc) is 3.38. The van der Waals surface area contributed by atoms with Crippen molar-refractivity contribution in [2.75, 3.05) is 0 Å². The Morgan fingerprint density at radius 1 is 0.812 bits per heavy atom. The van der Waals surface area contributed by atoms with E-state index in [1.807, 2.05) is 109 Å². The van der Waals surface area contributed by atoms with Crippen LogP contribution in [0, 0.1) is 5.92 Å². The second-order valence-corrected chi connectivity index (χ2v) is 13.5. The normalized spacial score (nSPS) is 17.4. The van der Waals surface area contributed by atoms with Gasteiger partial charge < -0.3 is 30.3 Å². The van der Waals surface area contributed by atoms with Gasteiger partial charge in [0, 0.05) is 12.3 Å². The van der Waals surface area contributed by atoms with Crippen molar-refractivity contribution in [1.29, 1.82) is 0 Å². The number of fused-ring (bicyclic) bond motifs is 1. The lowest BCUT2D eigenvalue weighted by Gasteiger charge is -2.29. The number of alkyl carbamates (subject to hydrolysis) is 1. The summed E-state index contributed by atoms with van der Waals surface area (Å²) in [5.74, 6) is -0.247. The topological polar surface area (TPSA) is 117 Å². The fourth-order valence-electron chi connectivity index (χ4n) is 6.12. The van der Waals surface area contributed by atoms with Crippen molar-refractivity contribution in [3.8, 4) is 5.75 Å². The Labute approximate surface area is 283 Å². The molecular weight excluding hydrogens is 604 g/mol. The molecule has 0 aromatic heterocycles. The van der Waals surface area contributed by atoms with Crippen LogP contribution in [0.15, 0.2) is 109 Å². The van der Waals surface area contributed by atoms with E-state index in [9.17, 15) is 19.8 Å². The summed E-state index contributed by atoms with van der Waals surface area (Å²) in [4.78, 5) is 26.9. The molecule has 1 aliphatic rings. The maximum Gasteiger partial charge on any atom is 0.407 e. The fraction of sp³-hybridized carbons (Fsp3) is 0.350. The molecule has 4 N–H and O–H groups in total. The van der Waals surface area contributed by atoms with E-state index in [4.69, 9.17) is 9.47 Å². The molecule has 5 rings (SSSR count). The minimum absolute atomic E-state index is 0.0653. The smallest absolute Gasteiger partial charge is 0.407 e. The SMILES string of the molecule is CC(C)(C)OC(=O)N[C@@H](Cc1ccccc1)[C@@H](O)C[C@H](Cc1ccc(OCc2ccccc2)cc1)C(=O)N[C@H]1c2ccccc2C[C@H]1O. The van der Waals surface area contributed by atoms with E-state index in [1.165, 1.54) is 0 Å². The van der Waals surface area contributed by atoms with Crippen LogP contribution in [-0.2, 0) is 35.4 Å². The maximum atomic E-state index is 14.0. The molecule has 5 atom stereocenters. The number of aliphatic hydroxyl groups excluding tert-OH is 2. The Balaban J connectivity index is 1.34. The molecule has 48 heavy (non-hydrogen) atoms. The second-order valence-electron chi connectivity index (χ2n) is 13.5. The molecule has 0 spiro atoms. The number of ether oxygens (including phenoxy) is 2. The molecule has 4 aromatic carbocycles. The minimum Gasteiger partial charge on any atom is -0.489 e. The van der Waals surface area contributed by atoms with Crippen molar-refractivity contribution in [3.05, 3.63) is 137 Å². The predicted molar refractivity (Wildman–Crippen MR) is 185 cm³/mol. The number of benzene rings is 4. The molecule has 0 heterocycles. The van der Waals surface area contributed by atoms with Gasteiger partial charge in [-0.3, -0.25) is 4.79 Å². The van der Waals surface area contributed by atoms with Crippen molar-refractivity contribution >= 4 is 12.0 Å². The van der Waals surface area contributed by atoms with Crippen LogP contribution in [0.3, 0.4) is 0 Å². The summed E-state index contributed by atoms with van der Waals surface area (Å²) in [6, 6.07) is 33.5. The summed E-state index contributed by atoms with van der Waals surface area (Å²) in [6.45, 7) is 5.78. The predicted octanol–water partition coefficient (Wildman–Crippen LogP) is 6.09. The van der Waals surface area contributed by atoms with E-state index in [0.717, 1.165) is 27.8 Å². The van der Waals surface area contributed by atoms with Crippen molar-refractivity contribution in [1.82, 2.24) is 10.6 Å². The molecule has 0 saturated carbocycles. The number of hydrogen-bond donors (Lipinski definition) is 4. The highest BCUT2D eigenvalue weighted by Crippen LogP contribution is 2.32. The molecule has 8 nitrogen and oxygen atoms in total. The second kappa shape index (κ2) is 16.0. The lowest BCUT2D eigenvalue weighted by Crippen LogP contribution is -2.48. The van der Waals surface area contributed by atoms with Crippen LogP contribution in [0.4, 0.5) is 4.79 Å². The van der Waals surface area contributed by atoms with E-state index in [2.05, 4.69) is 10.6 Å². The van der Waals surface area contributed by atoms with Gasteiger partial charge in [0.1, 0.15) is 18.0 Å². The molecule has 0 aliphatic heterocycles. The molecule has 1 aliphatic carbocycles. The fourth-order valence-corrected chi connectivity index (χ4v) is 6.12. The number of hydrogen-bond acceptors (Lipinski definition) is 6. The Bertz CT molecular complexity index is 1620. The highest BCUT2D eigenvalue weighted by atomic mass is 16.6. The first-order valence-electron chi connectivity index (χ1n) is 16.6. The van der Waals surface area contributed by atoms with Gasteiger partial charge in [0.25, 0.3) is 0 Å². The summed E-state index contributed by atoms with van der Waals surface area (Å²) in [6.07, 6.45) is -1.27. The van der Waals surface area contributed by atoms with Gasteiger partial charge in [-0.2, -0.15) is 0 Å².